The number of carbonyl (C=O) groups excluding carboxylic acids is 4. The van der Waals surface area contributed by atoms with E-state index in [0.717, 1.165) is 6.21 Å². The zero-order chi connectivity index (χ0) is 30.6. The first-order valence-corrected chi connectivity index (χ1v) is 13.3. The quantitative estimate of drug-likeness (QED) is 0.0927. The molecule has 1 aliphatic carbocycles. The molecule has 0 saturated heterocycles. The standard InChI is InChI=1S/C30H32N4O8/c1-6-19(4)41-29(37)22-14-10-12-16-25(22)34-26(17-24(33-34)30(38)40-8-3)20(5)42-28(36)21-13-9-11-15-23(21)32-31-18-27(35)39-7-2/h6,10-16,18-20,26H,1,7-8,17H2,2-5H3/p+1/t19?,20-,26-/m1/s1. The fraction of sp³-hybridized carbons (Fsp3) is 0.333. The summed E-state index contributed by atoms with van der Waals surface area (Å²) in [5, 5.41) is 9.75. The molecule has 42 heavy (non-hydrogen) atoms. The highest BCUT2D eigenvalue weighted by Gasteiger charge is 2.40. The van der Waals surface area contributed by atoms with Crippen molar-refractivity contribution >= 4 is 41.5 Å². The second-order valence-corrected chi connectivity index (χ2v) is 8.95. The number of esters is 4. The number of anilines is 1. The van der Waals surface area contributed by atoms with Gasteiger partial charge in [-0.2, -0.15) is 10.2 Å². The number of nitrogens with zero attached hydrogens (tertiary/aromatic N) is 3. The normalized spacial score (nSPS) is 17.2. The van der Waals surface area contributed by atoms with Gasteiger partial charge in [0.05, 0.1) is 36.6 Å². The summed E-state index contributed by atoms with van der Waals surface area (Å²) in [5.41, 5.74) is 3.66. The van der Waals surface area contributed by atoms with E-state index >= 15 is 0 Å². The molecule has 220 valence electrons. The topological polar surface area (TPSA) is 145 Å². The van der Waals surface area contributed by atoms with Gasteiger partial charge in [0, 0.05) is 12.5 Å². The Labute approximate surface area is 244 Å². The van der Waals surface area contributed by atoms with Crippen LogP contribution in [0.25, 0.3) is 0 Å². The Bertz CT molecular complexity index is 1360. The molecule has 1 aromatic rings. The lowest BCUT2D eigenvalue weighted by molar-refractivity contribution is -0.144. The van der Waals surface area contributed by atoms with Crippen molar-refractivity contribution < 1.29 is 38.1 Å². The molecule has 1 heterocycles. The molecule has 12 heteroatoms. The number of nitrogens with one attached hydrogen (secondary N) is 1. The van der Waals surface area contributed by atoms with E-state index in [4.69, 9.17) is 18.9 Å². The van der Waals surface area contributed by atoms with Crippen LogP contribution in [0, 0.1) is 6.08 Å². The summed E-state index contributed by atoms with van der Waals surface area (Å²) in [4.78, 5) is 50.4. The number of hydrogen-bond donors (Lipinski definition) is 1. The van der Waals surface area contributed by atoms with E-state index in [2.05, 4.69) is 28.3 Å². The summed E-state index contributed by atoms with van der Waals surface area (Å²) < 4.78 is 21.2. The highest BCUT2D eigenvalue weighted by atomic mass is 16.6. The van der Waals surface area contributed by atoms with Crippen LogP contribution in [-0.4, -0.2) is 67.3 Å². The first-order valence-electron chi connectivity index (χ1n) is 13.3. The van der Waals surface area contributed by atoms with Crippen LogP contribution in [0.15, 0.2) is 76.6 Å². The summed E-state index contributed by atoms with van der Waals surface area (Å²) >= 11 is 0. The van der Waals surface area contributed by atoms with Crippen LogP contribution in [0.2, 0.25) is 0 Å². The first-order chi connectivity index (χ1) is 20.2. The van der Waals surface area contributed by atoms with Crippen LogP contribution >= 0.6 is 0 Å². The summed E-state index contributed by atoms with van der Waals surface area (Å²) in [7, 11) is 0. The SMILES string of the molecule is C=CC(C)OC(=O)c1ccccc1N1N=C(C(=O)OCC)C[C@@H]1[C@@H](C)OC(=O)C1=C(NN=CC(=O)OCC)C=C[C+]=C1. The molecule has 2 aliphatic rings. The molecule has 0 aromatic heterocycles. The van der Waals surface area contributed by atoms with Crippen molar-refractivity contribution in [3.8, 4) is 0 Å². The maximum atomic E-state index is 13.3. The fourth-order valence-electron chi connectivity index (χ4n) is 3.93. The van der Waals surface area contributed by atoms with Crippen molar-refractivity contribution in [3.05, 3.63) is 78.1 Å². The Morgan fingerprint density at radius 2 is 1.86 bits per heavy atom. The molecule has 0 spiro atoms. The smallest absolute Gasteiger partial charge is 0.399 e. The van der Waals surface area contributed by atoms with Crippen molar-refractivity contribution in [2.45, 2.75) is 52.4 Å². The third kappa shape index (κ3) is 7.98. The van der Waals surface area contributed by atoms with E-state index in [0.29, 0.717) is 5.69 Å². The average molecular weight is 578 g/mol. The summed E-state index contributed by atoms with van der Waals surface area (Å²) in [6, 6.07) is 5.94. The molecule has 12 nitrogen and oxygen atoms in total. The number of benzene rings is 1. The number of carbonyl (C=O) groups is 4. The molecule has 0 bridgehead atoms. The summed E-state index contributed by atoms with van der Waals surface area (Å²) in [6.07, 6.45) is 8.48. The maximum absolute atomic E-state index is 13.3. The number of hydrogen-bond acceptors (Lipinski definition) is 12. The molecule has 3 rings (SSSR count). The van der Waals surface area contributed by atoms with E-state index in [1.54, 1.807) is 64.1 Å². The largest absolute Gasteiger partial charge is 0.462 e. The van der Waals surface area contributed by atoms with E-state index in [1.807, 2.05) is 0 Å². The monoisotopic (exact) mass is 577 g/mol. The van der Waals surface area contributed by atoms with E-state index in [9.17, 15) is 19.2 Å². The van der Waals surface area contributed by atoms with E-state index in [1.165, 1.54) is 17.2 Å². The van der Waals surface area contributed by atoms with E-state index < -0.39 is 42.1 Å². The molecule has 0 radical (unpaired) electrons. The number of allylic oxidation sites excluding steroid dienone is 3. The van der Waals surface area contributed by atoms with Crippen molar-refractivity contribution in [1.82, 2.24) is 5.43 Å². The zero-order valence-corrected chi connectivity index (χ0v) is 23.9. The van der Waals surface area contributed by atoms with Crippen LogP contribution < -0.4 is 10.4 Å². The van der Waals surface area contributed by atoms with Crippen LogP contribution in [-0.2, 0) is 33.3 Å². The number of ether oxygens (including phenoxy) is 4. The fourth-order valence-corrected chi connectivity index (χ4v) is 3.93. The lowest BCUT2D eigenvalue weighted by Crippen LogP contribution is -2.40. The van der Waals surface area contributed by atoms with Crippen LogP contribution in [0.3, 0.4) is 0 Å². The van der Waals surface area contributed by atoms with Gasteiger partial charge in [-0.15, -0.1) is 0 Å². The lowest BCUT2D eigenvalue weighted by Gasteiger charge is -2.29. The van der Waals surface area contributed by atoms with Crippen LogP contribution in [0.1, 0.15) is 44.5 Å². The highest BCUT2D eigenvalue weighted by Crippen LogP contribution is 2.32. The van der Waals surface area contributed by atoms with E-state index in [-0.39, 0.29) is 42.2 Å². The van der Waals surface area contributed by atoms with Gasteiger partial charge in [-0.1, -0.05) is 24.8 Å². The molecule has 1 aromatic carbocycles. The Balaban J connectivity index is 1.88. The van der Waals surface area contributed by atoms with Crippen molar-refractivity contribution in [1.29, 1.82) is 0 Å². The molecule has 3 atom stereocenters. The minimum Gasteiger partial charge on any atom is -0.462 e. The van der Waals surface area contributed by atoms with Crippen LogP contribution in [0.4, 0.5) is 5.69 Å². The number of para-hydroxylation sites is 1. The number of rotatable bonds is 13. The molecule has 1 aliphatic heterocycles. The molecule has 0 fully saturated rings. The van der Waals surface area contributed by atoms with Gasteiger partial charge in [0.15, 0.2) is 11.3 Å². The van der Waals surface area contributed by atoms with Crippen molar-refractivity contribution in [2.75, 3.05) is 18.2 Å². The predicted octanol–water partition coefficient (Wildman–Crippen LogP) is 3.17. The second-order valence-electron chi connectivity index (χ2n) is 8.95. The Morgan fingerprint density at radius 1 is 1.12 bits per heavy atom. The molecular weight excluding hydrogens is 544 g/mol. The number of hydrazone groups is 2. The highest BCUT2D eigenvalue weighted by molar-refractivity contribution is 6.37. The van der Waals surface area contributed by atoms with Gasteiger partial charge in [-0.05, 0) is 39.8 Å². The average Bonchev–Trinajstić information content (AvgIpc) is 3.43. The first kappa shape index (κ1) is 31.4. The third-order valence-corrected chi connectivity index (χ3v) is 6.01. The minimum absolute atomic E-state index is 0.0789. The van der Waals surface area contributed by atoms with Gasteiger partial charge in [0.2, 0.25) is 0 Å². The second kappa shape index (κ2) is 15.1. The maximum Gasteiger partial charge on any atom is 0.399 e. The van der Waals surface area contributed by atoms with Gasteiger partial charge >= 0.3 is 23.9 Å². The predicted molar refractivity (Wildman–Crippen MR) is 154 cm³/mol. The molecule has 1 N–H and O–H groups in total. The van der Waals surface area contributed by atoms with Crippen LogP contribution in [0.5, 0.6) is 0 Å². The van der Waals surface area contributed by atoms with Gasteiger partial charge < -0.3 is 18.9 Å². The minimum atomic E-state index is -0.833. The summed E-state index contributed by atoms with van der Waals surface area (Å²) in [6.45, 7) is 10.7. The third-order valence-electron chi connectivity index (χ3n) is 6.01. The Morgan fingerprint density at radius 3 is 2.57 bits per heavy atom. The Hall–Kier alpha value is -5.09. The van der Waals surface area contributed by atoms with Gasteiger partial charge in [0.25, 0.3) is 0 Å². The summed E-state index contributed by atoms with van der Waals surface area (Å²) in [5.74, 6) is -2.59. The molecule has 1 unspecified atom stereocenters. The van der Waals surface area contributed by atoms with Gasteiger partial charge in [0.1, 0.15) is 36.3 Å². The van der Waals surface area contributed by atoms with Crippen molar-refractivity contribution in [2.24, 2.45) is 10.2 Å². The molecule has 0 saturated carbocycles. The van der Waals surface area contributed by atoms with Crippen molar-refractivity contribution in [3.63, 3.8) is 0 Å². The van der Waals surface area contributed by atoms with Gasteiger partial charge in [-0.3, -0.25) is 10.4 Å². The van der Waals surface area contributed by atoms with Gasteiger partial charge in [-0.25, -0.2) is 19.2 Å². The Kier molecular flexibility index (Phi) is 11.3. The molecule has 0 amide bonds. The zero-order valence-electron chi connectivity index (χ0n) is 23.9. The molecular formula is C30H33N4O8+. The lowest BCUT2D eigenvalue weighted by atomic mass is 10.0.